The molecule has 1 saturated heterocycles. The predicted octanol–water partition coefficient (Wildman–Crippen LogP) is 2.25. The smallest absolute Gasteiger partial charge is 0.112 e. The Kier molecular flexibility index (Phi) is 3.09. The lowest BCUT2D eigenvalue weighted by molar-refractivity contribution is -0.112. The number of rotatable bonds is 1. The zero-order valence-corrected chi connectivity index (χ0v) is 11.9. The maximum atomic E-state index is 11.5. The van der Waals surface area contributed by atoms with Crippen LogP contribution in [-0.4, -0.2) is 42.4 Å². The number of nitrogens with zero attached hydrogens (tertiary/aromatic N) is 1. The van der Waals surface area contributed by atoms with E-state index < -0.39 is 5.60 Å². The summed E-state index contributed by atoms with van der Waals surface area (Å²) in [6, 6.07) is 8.77. The number of ether oxygens (including phenoxy) is 1. The van der Waals surface area contributed by atoms with Crippen LogP contribution in [0.2, 0.25) is 0 Å². The van der Waals surface area contributed by atoms with Crippen molar-refractivity contribution < 1.29 is 9.84 Å². The zero-order chi connectivity index (χ0) is 13.6. The third-order valence-corrected chi connectivity index (χ3v) is 5.51. The van der Waals surface area contributed by atoms with E-state index in [2.05, 4.69) is 29.2 Å². The van der Waals surface area contributed by atoms with Crippen molar-refractivity contribution in [1.29, 1.82) is 0 Å². The second-order valence-electron chi connectivity index (χ2n) is 6.41. The van der Waals surface area contributed by atoms with Crippen LogP contribution in [0.5, 0.6) is 0 Å². The molecule has 1 N–H and O–H groups in total. The van der Waals surface area contributed by atoms with Gasteiger partial charge in [-0.25, -0.2) is 0 Å². The third kappa shape index (κ3) is 1.70. The Balaban J connectivity index is 1.71. The minimum Gasteiger partial charge on any atom is -0.383 e. The highest BCUT2D eigenvalue weighted by Gasteiger charge is 2.56. The van der Waals surface area contributed by atoms with Crippen LogP contribution in [-0.2, 0) is 10.3 Å². The van der Waals surface area contributed by atoms with Crippen LogP contribution < -0.4 is 0 Å². The first-order valence-electron chi connectivity index (χ1n) is 7.95. The fourth-order valence-corrected chi connectivity index (χ4v) is 4.56. The van der Waals surface area contributed by atoms with Crippen LogP contribution in [0.15, 0.2) is 24.3 Å². The molecule has 1 aromatic carbocycles. The Labute approximate surface area is 120 Å². The molecule has 0 amide bonds. The van der Waals surface area contributed by atoms with E-state index in [0.29, 0.717) is 5.92 Å². The Hall–Kier alpha value is -0.900. The van der Waals surface area contributed by atoms with Gasteiger partial charge < -0.3 is 9.84 Å². The highest BCUT2D eigenvalue weighted by Crippen LogP contribution is 2.57. The molecule has 1 aliphatic heterocycles. The SMILES string of the molecule is O[C@]12c3ccccc3C1CCCC[C@@H]2N1CCOCC1. The van der Waals surface area contributed by atoms with Gasteiger partial charge in [0.25, 0.3) is 0 Å². The first-order valence-corrected chi connectivity index (χ1v) is 7.95. The van der Waals surface area contributed by atoms with Crippen LogP contribution in [0.1, 0.15) is 42.7 Å². The summed E-state index contributed by atoms with van der Waals surface area (Å²) in [5.41, 5.74) is 1.95. The molecule has 0 aromatic heterocycles. The normalized spacial score (nSPS) is 37.5. The lowest BCUT2D eigenvalue weighted by Gasteiger charge is -2.54. The molecule has 0 radical (unpaired) electrons. The molecule has 2 fully saturated rings. The van der Waals surface area contributed by atoms with Gasteiger partial charge in [0.1, 0.15) is 5.60 Å². The lowest BCUT2D eigenvalue weighted by Crippen LogP contribution is -2.60. The topological polar surface area (TPSA) is 32.7 Å². The van der Waals surface area contributed by atoms with Crippen molar-refractivity contribution in [1.82, 2.24) is 4.90 Å². The van der Waals surface area contributed by atoms with Crippen molar-refractivity contribution in [2.75, 3.05) is 26.3 Å². The first-order chi connectivity index (χ1) is 9.82. The fraction of sp³-hybridized carbons (Fsp3) is 0.647. The van der Waals surface area contributed by atoms with Crippen molar-refractivity contribution in [3.05, 3.63) is 35.4 Å². The second kappa shape index (κ2) is 4.83. The van der Waals surface area contributed by atoms with E-state index in [-0.39, 0.29) is 6.04 Å². The Morgan fingerprint density at radius 3 is 2.70 bits per heavy atom. The lowest BCUT2D eigenvalue weighted by atomic mass is 9.60. The van der Waals surface area contributed by atoms with Crippen molar-refractivity contribution in [3.63, 3.8) is 0 Å². The van der Waals surface area contributed by atoms with Crippen LogP contribution in [0.3, 0.4) is 0 Å². The number of fused-ring (bicyclic) bond motifs is 4. The molecule has 1 unspecified atom stereocenters. The van der Waals surface area contributed by atoms with Gasteiger partial charge in [0.2, 0.25) is 0 Å². The average molecular weight is 273 g/mol. The molecule has 4 rings (SSSR count). The average Bonchev–Trinajstić information content (AvgIpc) is 2.65. The minimum atomic E-state index is -0.621. The van der Waals surface area contributed by atoms with Crippen LogP contribution in [0, 0.1) is 0 Å². The van der Waals surface area contributed by atoms with E-state index >= 15 is 0 Å². The number of morpholine rings is 1. The molecule has 3 nitrogen and oxygen atoms in total. The van der Waals surface area contributed by atoms with Crippen molar-refractivity contribution in [2.24, 2.45) is 0 Å². The summed E-state index contributed by atoms with van der Waals surface area (Å²) < 4.78 is 5.48. The van der Waals surface area contributed by atoms with Crippen molar-refractivity contribution >= 4 is 0 Å². The maximum absolute atomic E-state index is 11.5. The quantitative estimate of drug-likeness (QED) is 0.852. The molecule has 108 valence electrons. The molecule has 0 spiro atoms. The number of benzene rings is 1. The van der Waals surface area contributed by atoms with Gasteiger partial charge in [-0.15, -0.1) is 0 Å². The summed E-state index contributed by atoms with van der Waals surface area (Å²) in [7, 11) is 0. The second-order valence-corrected chi connectivity index (χ2v) is 6.41. The number of hydrogen-bond acceptors (Lipinski definition) is 3. The van der Waals surface area contributed by atoms with E-state index in [1.807, 2.05) is 0 Å². The van der Waals surface area contributed by atoms with Gasteiger partial charge in [-0.05, 0) is 24.0 Å². The molecule has 1 aromatic rings. The first kappa shape index (κ1) is 12.8. The molecular weight excluding hydrogens is 250 g/mol. The molecule has 0 bridgehead atoms. The maximum Gasteiger partial charge on any atom is 0.112 e. The van der Waals surface area contributed by atoms with E-state index in [4.69, 9.17) is 4.74 Å². The van der Waals surface area contributed by atoms with Gasteiger partial charge in [-0.2, -0.15) is 0 Å². The molecule has 3 atom stereocenters. The third-order valence-electron chi connectivity index (χ3n) is 5.51. The van der Waals surface area contributed by atoms with Gasteiger partial charge in [-0.3, -0.25) is 4.90 Å². The molecule has 2 aliphatic carbocycles. The molecule has 3 heteroatoms. The zero-order valence-electron chi connectivity index (χ0n) is 11.9. The number of hydrogen-bond donors (Lipinski definition) is 1. The van der Waals surface area contributed by atoms with Gasteiger partial charge in [0.05, 0.1) is 13.2 Å². The van der Waals surface area contributed by atoms with E-state index in [1.54, 1.807) is 0 Å². The summed E-state index contributed by atoms with van der Waals surface area (Å²) >= 11 is 0. The standard InChI is InChI=1S/C17H23NO2/c19-17-14-6-2-1-5-13(14)15(17)7-3-4-8-16(17)18-9-11-20-12-10-18/h1-2,5-6,15-16,19H,3-4,7-12H2/t15?,16-,17+/m0/s1. The highest BCUT2D eigenvalue weighted by atomic mass is 16.5. The van der Waals surface area contributed by atoms with Crippen molar-refractivity contribution in [2.45, 2.75) is 43.2 Å². The van der Waals surface area contributed by atoms with Crippen molar-refractivity contribution in [3.8, 4) is 0 Å². The molecular formula is C17H23NO2. The Morgan fingerprint density at radius 2 is 1.85 bits per heavy atom. The van der Waals surface area contributed by atoms with E-state index in [0.717, 1.165) is 39.1 Å². The van der Waals surface area contributed by atoms with E-state index in [9.17, 15) is 5.11 Å². The summed E-state index contributed by atoms with van der Waals surface area (Å²) in [5, 5.41) is 11.5. The monoisotopic (exact) mass is 273 g/mol. The van der Waals surface area contributed by atoms with Crippen LogP contribution in [0.25, 0.3) is 0 Å². The molecule has 20 heavy (non-hydrogen) atoms. The van der Waals surface area contributed by atoms with Gasteiger partial charge in [0, 0.05) is 25.0 Å². The number of aliphatic hydroxyl groups is 1. The summed E-state index contributed by atoms with van der Waals surface area (Å²) in [4.78, 5) is 2.47. The Bertz CT molecular complexity index is 498. The fourth-order valence-electron chi connectivity index (χ4n) is 4.56. The molecule has 1 saturated carbocycles. The predicted molar refractivity (Wildman–Crippen MR) is 77.7 cm³/mol. The van der Waals surface area contributed by atoms with Gasteiger partial charge >= 0.3 is 0 Å². The molecule has 1 heterocycles. The van der Waals surface area contributed by atoms with Crippen LogP contribution in [0.4, 0.5) is 0 Å². The van der Waals surface area contributed by atoms with Crippen LogP contribution >= 0.6 is 0 Å². The largest absolute Gasteiger partial charge is 0.383 e. The summed E-state index contributed by atoms with van der Waals surface area (Å²) in [6.45, 7) is 3.53. The Morgan fingerprint density at radius 1 is 1.10 bits per heavy atom. The van der Waals surface area contributed by atoms with E-state index in [1.165, 1.54) is 24.0 Å². The summed E-state index contributed by atoms with van der Waals surface area (Å²) in [5.74, 6) is 0.342. The van der Waals surface area contributed by atoms with Gasteiger partial charge in [-0.1, -0.05) is 37.1 Å². The summed E-state index contributed by atoms with van der Waals surface area (Å²) in [6.07, 6.45) is 4.71. The highest BCUT2D eigenvalue weighted by molar-refractivity contribution is 5.49. The molecule has 3 aliphatic rings. The van der Waals surface area contributed by atoms with Gasteiger partial charge in [0.15, 0.2) is 0 Å². The minimum absolute atomic E-state index is 0.272.